The fraction of sp³-hybridized carbons (Fsp3) is 0.273. The lowest BCUT2D eigenvalue weighted by molar-refractivity contribution is -0.122. The van der Waals surface area contributed by atoms with Gasteiger partial charge in [0.15, 0.2) is 0 Å². The maximum absolute atomic E-state index is 11.8. The van der Waals surface area contributed by atoms with Crippen LogP contribution in [0.4, 0.5) is 0 Å². The zero-order chi connectivity index (χ0) is 23.3. The predicted octanol–water partition coefficient (Wildman–Crippen LogP) is 6.24. The van der Waals surface area contributed by atoms with Gasteiger partial charge in [0, 0.05) is 24.0 Å². The maximum Gasteiger partial charge on any atom is 0.240 e. The van der Waals surface area contributed by atoms with Crippen LogP contribution >= 0.6 is 46.4 Å². The fourth-order valence-electron chi connectivity index (χ4n) is 2.62. The largest absolute Gasteiger partial charge is 0.273 e. The molecule has 170 valence electrons. The molecule has 0 aliphatic carbocycles. The van der Waals surface area contributed by atoms with E-state index in [1.54, 1.807) is 36.4 Å². The Labute approximate surface area is 207 Å². The van der Waals surface area contributed by atoms with Gasteiger partial charge in [0.1, 0.15) is 0 Å². The summed E-state index contributed by atoms with van der Waals surface area (Å²) in [5, 5.41) is 9.40. The van der Waals surface area contributed by atoms with Crippen molar-refractivity contribution in [3.63, 3.8) is 0 Å². The summed E-state index contributed by atoms with van der Waals surface area (Å²) < 4.78 is 0. The maximum atomic E-state index is 11.8. The highest BCUT2D eigenvalue weighted by atomic mass is 35.5. The summed E-state index contributed by atoms with van der Waals surface area (Å²) in [7, 11) is 0. The summed E-state index contributed by atoms with van der Waals surface area (Å²) in [6.07, 6.45) is 6.65. The number of unbranched alkanes of at least 4 members (excludes halogenated alkanes) is 3. The lowest BCUT2D eigenvalue weighted by Crippen LogP contribution is -2.17. The van der Waals surface area contributed by atoms with E-state index in [-0.39, 0.29) is 11.8 Å². The van der Waals surface area contributed by atoms with E-state index >= 15 is 0 Å². The molecule has 6 nitrogen and oxygen atoms in total. The van der Waals surface area contributed by atoms with Gasteiger partial charge in [-0.2, -0.15) is 10.2 Å². The average Bonchev–Trinajstić information content (AvgIpc) is 2.76. The van der Waals surface area contributed by atoms with Crippen LogP contribution < -0.4 is 10.9 Å². The Bertz CT molecular complexity index is 916. The van der Waals surface area contributed by atoms with Crippen molar-refractivity contribution in [2.75, 3.05) is 0 Å². The number of rotatable bonds is 11. The first-order chi connectivity index (χ1) is 15.4. The minimum absolute atomic E-state index is 0.189. The van der Waals surface area contributed by atoms with Gasteiger partial charge in [0.25, 0.3) is 0 Å². The Kier molecular flexibility index (Phi) is 11.5. The highest BCUT2D eigenvalue weighted by Crippen LogP contribution is 2.24. The molecular weight excluding hydrogens is 494 g/mol. The molecule has 0 spiro atoms. The second-order valence-corrected chi connectivity index (χ2v) is 8.36. The van der Waals surface area contributed by atoms with Crippen LogP contribution in [0.2, 0.25) is 20.1 Å². The Balaban J connectivity index is 1.56. The first-order valence-corrected chi connectivity index (χ1v) is 11.4. The molecule has 0 atom stereocenters. The smallest absolute Gasteiger partial charge is 0.240 e. The van der Waals surface area contributed by atoms with E-state index in [9.17, 15) is 9.59 Å². The Morgan fingerprint density at radius 2 is 1.09 bits per heavy atom. The molecular formula is C22H22Cl4N4O2. The van der Waals surface area contributed by atoms with E-state index in [0.29, 0.717) is 56.9 Å². The number of nitrogens with one attached hydrogen (secondary N) is 2. The molecule has 2 N–H and O–H groups in total. The van der Waals surface area contributed by atoms with Crippen molar-refractivity contribution in [2.45, 2.75) is 38.5 Å². The molecule has 0 aliphatic rings. The molecule has 2 amide bonds. The van der Waals surface area contributed by atoms with Gasteiger partial charge >= 0.3 is 0 Å². The number of nitrogens with zero attached hydrogens (tertiary/aromatic N) is 2. The summed E-state index contributed by atoms with van der Waals surface area (Å²) in [4.78, 5) is 23.6. The van der Waals surface area contributed by atoms with Gasteiger partial charge < -0.3 is 0 Å². The first kappa shape index (κ1) is 26.1. The number of carbonyl (C=O) groups is 2. The van der Waals surface area contributed by atoms with Crippen molar-refractivity contribution >= 4 is 70.6 Å². The van der Waals surface area contributed by atoms with Crippen LogP contribution in [0.1, 0.15) is 49.7 Å². The van der Waals surface area contributed by atoms with Gasteiger partial charge in [-0.15, -0.1) is 0 Å². The predicted molar refractivity (Wildman–Crippen MR) is 132 cm³/mol. The van der Waals surface area contributed by atoms with Gasteiger partial charge in [-0.05, 0) is 25.0 Å². The molecule has 0 aromatic heterocycles. The number of amides is 2. The topological polar surface area (TPSA) is 82.9 Å². The van der Waals surface area contributed by atoms with E-state index in [1.807, 2.05) is 0 Å². The minimum Gasteiger partial charge on any atom is -0.273 e. The molecule has 0 fully saturated rings. The number of halogens is 4. The van der Waals surface area contributed by atoms with Crippen molar-refractivity contribution in [1.82, 2.24) is 10.9 Å². The second-order valence-electron chi connectivity index (χ2n) is 6.79. The minimum atomic E-state index is -0.189. The lowest BCUT2D eigenvalue weighted by Gasteiger charge is -2.03. The van der Waals surface area contributed by atoms with E-state index < -0.39 is 0 Å². The van der Waals surface area contributed by atoms with Crippen molar-refractivity contribution in [1.29, 1.82) is 0 Å². The van der Waals surface area contributed by atoms with Crippen molar-refractivity contribution < 1.29 is 9.59 Å². The van der Waals surface area contributed by atoms with Gasteiger partial charge in [0.05, 0.1) is 32.5 Å². The summed E-state index contributed by atoms with van der Waals surface area (Å²) in [5.74, 6) is -0.377. The molecule has 2 aromatic carbocycles. The van der Waals surface area contributed by atoms with Crippen LogP contribution in [0.5, 0.6) is 0 Å². The third-order valence-corrected chi connectivity index (χ3v) is 5.97. The van der Waals surface area contributed by atoms with Gasteiger partial charge in [-0.25, -0.2) is 10.9 Å². The number of benzene rings is 2. The average molecular weight is 516 g/mol. The standard InChI is InChI=1S/C22H22Cl4N4O2/c23-17-9-5-7-15(21(17)25)13-27-29-19(31)11-3-1-2-4-12-20(32)30-28-14-16-8-6-10-18(24)22(16)26/h5-10,13-14H,1-4,11-12H2,(H,29,31)(H,30,32)/b27-13+,28-14+. The number of carbonyl (C=O) groups excluding carboxylic acids is 2. The number of hydrogen-bond donors (Lipinski definition) is 2. The molecule has 0 saturated carbocycles. The van der Waals surface area contributed by atoms with E-state index in [0.717, 1.165) is 12.8 Å². The van der Waals surface area contributed by atoms with Crippen molar-refractivity contribution in [3.05, 3.63) is 67.6 Å². The van der Waals surface area contributed by atoms with Gasteiger partial charge in [-0.1, -0.05) is 83.5 Å². The summed E-state index contributed by atoms with van der Waals surface area (Å²) in [5.41, 5.74) is 6.17. The molecule has 0 heterocycles. The highest BCUT2D eigenvalue weighted by molar-refractivity contribution is 6.44. The monoisotopic (exact) mass is 514 g/mol. The Morgan fingerprint density at radius 1 is 0.688 bits per heavy atom. The zero-order valence-corrected chi connectivity index (χ0v) is 20.1. The van der Waals surface area contributed by atoms with Crippen LogP contribution in [-0.2, 0) is 9.59 Å². The lowest BCUT2D eigenvalue weighted by atomic mass is 10.1. The van der Waals surface area contributed by atoms with Crippen molar-refractivity contribution in [3.8, 4) is 0 Å². The SMILES string of the molecule is O=C(CCCCCCC(=O)N/N=C/c1cccc(Cl)c1Cl)N/N=C/c1cccc(Cl)c1Cl. The summed E-state index contributed by atoms with van der Waals surface area (Å²) in [6, 6.07) is 10.3. The van der Waals surface area contributed by atoms with E-state index in [4.69, 9.17) is 46.4 Å². The molecule has 2 aromatic rings. The molecule has 0 radical (unpaired) electrons. The fourth-order valence-corrected chi connectivity index (χ4v) is 3.34. The molecule has 0 aliphatic heterocycles. The number of hydrazone groups is 2. The number of hydrogen-bond acceptors (Lipinski definition) is 4. The highest BCUT2D eigenvalue weighted by Gasteiger charge is 2.04. The second kappa shape index (κ2) is 14.1. The normalized spacial score (nSPS) is 11.2. The Morgan fingerprint density at radius 3 is 1.50 bits per heavy atom. The first-order valence-electron chi connectivity index (χ1n) is 9.90. The van der Waals surface area contributed by atoms with E-state index in [1.165, 1.54) is 12.4 Å². The molecule has 0 bridgehead atoms. The zero-order valence-electron chi connectivity index (χ0n) is 17.1. The third-order valence-electron chi connectivity index (χ3n) is 4.31. The summed E-state index contributed by atoms with van der Waals surface area (Å²) >= 11 is 23.9. The Hall–Kier alpha value is -2.12. The molecule has 32 heavy (non-hydrogen) atoms. The van der Waals surface area contributed by atoms with E-state index in [2.05, 4.69) is 21.1 Å². The van der Waals surface area contributed by atoms with Crippen LogP contribution in [-0.4, -0.2) is 24.2 Å². The van der Waals surface area contributed by atoms with Crippen LogP contribution in [0, 0.1) is 0 Å². The van der Waals surface area contributed by atoms with Crippen molar-refractivity contribution in [2.24, 2.45) is 10.2 Å². The van der Waals surface area contributed by atoms with Crippen LogP contribution in [0.15, 0.2) is 46.6 Å². The third kappa shape index (κ3) is 9.17. The molecule has 0 saturated heterocycles. The molecule has 2 rings (SSSR count). The molecule has 0 unspecified atom stereocenters. The quantitative estimate of drug-likeness (QED) is 0.211. The van der Waals surface area contributed by atoms with Gasteiger partial charge in [-0.3, -0.25) is 9.59 Å². The van der Waals surface area contributed by atoms with Crippen LogP contribution in [0.3, 0.4) is 0 Å². The molecule has 10 heteroatoms. The summed E-state index contributed by atoms with van der Waals surface area (Å²) in [6.45, 7) is 0. The van der Waals surface area contributed by atoms with Gasteiger partial charge in [0.2, 0.25) is 11.8 Å². The van der Waals surface area contributed by atoms with Crippen LogP contribution in [0.25, 0.3) is 0 Å².